The van der Waals surface area contributed by atoms with Crippen molar-refractivity contribution >= 4 is 11.8 Å². The van der Waals surface area contributed by atoms with E-state index in [9.17, 15) is 9.59 Å². The van der Waals surface area contributed by atoms with Crippen molar-refractivity contribution in [3.63, 3.8) is 0 Å². The summed E-state index contributed by atoms with van der Waals surface area (Å²) in [6, 6.07) is 0.354. The molecule has 0 bridgehead atoms. The lowest BCUT2D eigenvalue weighted by Crippen LogP contribution is -2.28. The molecule has 2 aliphatic carbocycles. The van der Waals surface area contributed by atoms with Crippen LogP contribution in [-0.4, -0.2) is 27.2 Å². The lowest BCUT2D eigenvalue weighted by molar-refractivity contribution is -0.143. The van der Waals surface area contributed by atoms with E-state index in [0.29, 0.717) is 24.3 Å². The molecule has 1 heterocycles. The molecule has 3 rings (SSSR count). The van der Waals surface area contributed by atoms with Gasteiger partial charge in [0.05, 0.1) is 5.92 Å². The van der Waals surface area contributed by atoms with Crippen LogP contribution in [0.3, 0.4) is 0 Å². The Balaban J connectivity index is 1.55. The highest BCUT2D eigenvalue weighted by molar-refractivity contribution is 5.69. The van der Waals surface area contributed by atoms with Gasteiger partial charge in [0.1, 0.15) is 0 Å². The van der Waals surface area contributed by atoms with Crippen molar-refractivity contribution in [2.24, 2.45) is 11.8 Å². The summed E-state index contributed by atoms with van der Waals surface area (Å²) in [5, 5.41) is 12.1. The van der Waals surface area contributed by atoms with Gasteiger partial charge in [-0.15, -0.1) is 0 Å². The van der Waals surface area contributed by atoms with Crippen LogP contribution < -0.4 is 10.9 Å². The van der Waals surface area contributed by atoms with Gasteiger partial charge in [-0.25, -0.2) is 4.98 Å². The Hall–Kier alpha value is -1.85. The quantitative estimate of drug-likeness (QED) is 0.865. The zero-order chi connectivity index (χ0) is 14.8. The number of carboxylic acid groups (broad SMARTS) is 1. The molecule has 6 heteroatoms. The Labute approximate surface area is 123 Å². The van der Waals surface area contributed by atoms with E-state index in [1.807, 2.05) is 0 Å². The summed E-state index contributed by atoms with van der Waals surface area (Å²) in [7, 11) is 0. The first-order chi connectivity index (χ1) is 10.1. The van der Waals surface area contributed by atoms with Gasteiger partial charge in [0.2, 0.25) is 0 Å². The van der Waals surface area contributed by atoms with Gasteiger partial charge in [-0.05, 0) is 44.4 Å². The van der Waals surface area contributed by atoms with Crippen molar-refractivity contribution in [1.29, 1.82) is 0 Å². The first kappa shape index (κ1) is 14.1. The number of anilines is 1. The lowest BCUT2D eigenvalue weighted by Gasteiger charge is -2.26. The number of hydrogen-bond donors (Lipinski definition) is 2. The number of rotatable bonds is 5. The van der Waals surface area contributed by atoms with E-state index in [0.717, 1.165) is 38.5 Å². The van der Waals surface area contributed by atoms with Crippen LogP contribution in [0.4, 0.5) is 5.82 Å². The average molecular weight is 291 g/mol. The van der Waals surface area contributed by atoms with Crippen LogP contribution in [0, 0.1) is 11.8 Å². The molecule has 0 radical (unpaired) electrons. The predicted octanol–water partition coefficient (Wildman–Crippen LogP) is 1.88. The summed E-state index contributed by atoms with van der Waals surface area (Å²) in [6.07, 6.45) is 8.82. The molecule has 2 N–H and O–H groups in total. The highest BCUT2D eigenvalue weighted by atomic mass is 16.4. The maximum atomic E-state index is 12.2. The highest BCUT2D eigenvalue weighted by Crippen LogP contribution is 2.33. The van der Waals surface area contributed by atoms with Crippen molar-refractivity contribution in [2.45, 2.75) is 44.6 Å². The predicted molar refractivity (Wildman–Crippen MR) is 78.3 cm³/mol. The van der Waals surface area contributed by atoms with E-state index < -0.39 is 5.97 Å². The summed E-state index contributed by atoms with van der Waals surface area (Å²) < 4.78 is 1.76. The average Bonchev–Trinajstić information content (AvgIpc) is 3.31. The Morgan fingerprint density at radius 2 is 2.00 bits per heavy atom. The minimum absolute atomic E-state index is 0.0424. The van der Waals surface area contributed by atoms with Crippen molar-refractivity contribution in [1.82, 2.24) is 9.55 Å². The van der Waals surface area contributed by atoms with E-state index in [4.69, 9.17) is 5.11 Å². The van der Waals surface area contributed by atoms with Gasteiger partial charge < -0.3 is 15.0 Å². The lowest BCUT2D eigenvalue weighted by atomic mass is 9.82. The molecule has 21 heavy (non-hydrogen) atoms. The number of aromatic nitrogens is 2. The fourth-order valence-electron chi connectivity index (χ4n) is 3.04. The van der Waals surface area contributed by atoms with Crippen LogP contribution in [-0.2, 0) is 4.79 Å². The number of carbonyl (C=O) groups is 1. The van der Waals surface area contributed by atoms with Crippen molar-refractivity contribution in [3.05, 3.63) is 22.7 Å². The highest BCUT2D eigenvalue weighted by Gasteiger charge is 2.27. The molecule has 0 atom stereocenters. The number of carboxylic acids is 1. The third-order valence-corrected chi connectivity index (χ3v) is 4.56. The monoisotopic (exact) mass is 291 g/mol. The van der Waals surface area contributed by atoms with Crippen LogP contribution in [0.1, 0.15) is 44.6 Å². The maximum Gasteiger partial charge on any atom is 0.306 e. The van der Waals surface area contributed by atoms with Gasteiger partial charge in [-0.3, -0.25) is 9.59 Å². The molecular weight excluding hydrogens is 270 g/mol. The second-order valence-corrected chi connectivity index (χ2v) is 6.16. The largest absolute Gasteiger partial charge is 0.481 e. The minimum Gasteiger partial charge on any atom is -0.481 e. The molecule has 1 aromatic heterocycles. The molecule has 114 valence electrons. The molecule has 2 fully saturated rings. The summed E-state index contributed by atoms with van der Waals surface area (Å²) >= 11 is 0. The Kier molecular flexibility index (Phi) is 3.94. The summed E-state index contributed by atoms with van der Waals surface area (Å²) in [5.41, 5.74) is -0.0424. The maximum absolute atomic E-state index is 12.2. The number of nitrogens with zero attached hydrogens (tertiary/aromatic N) is 2. The van der Waals surface area contributed by atoms with E-state index in [2.05, 4.69) is 10.3 Å². The fourth-order valence-corrected chi connectivity index (χ4v) is 3.04. The molecule has 0 unspecified atom stereocenters. The van der Waals surface area contributed by atoms with Crippen molar-refractivity contribution in [2.75, 3.05) is 11.9 Å². The van der Waals surface area contributed by atoms with Crippen molar-refractivity contribution in [3.8, 4) is 0 Å². The van der Waals surface area contributed by atoms with Gasteiger partial charge >= 0.3 is 5.97 Å². The van der Waals surface area contributed by atoms with E-state index in [-0.39, 0.29) is 11.5 Å². The molecule has 1 aromatic rings. The summed E-state index contributed by atoms with van der Waals surface area (Å²) in [6.45, 7) is 0.698. The Morgan fingerprint density at radius 3 is 2.62 bits per heavy atom. The molecule has 0 saturated heterocycles. The SMILES string of the molecule is O=C(O)C1CCC(CNc2nccn(C3CC3)c2=O)CC1. The standard InChI is InChI=1S/C15H21N3O3/c19-14-13(16-7-8-18(14)12-5-6-12)17-9-10-1-3-11(4-2-10)15(20)21/h7-8,10-12H,1-6,9H2,(H,16,17)(H,20,21). The smallest absolute Gasteiger partial charge is 0.306 e. The first-order valence-electron chi connectivity index (χ1n) is 7.69. The second kappa shape index (κ2) is 5.87. The molecule has 0 aliphatic heterocycles. The summed E-state index contributed by atoms with van der Waals surface area (Å²) in [4.78, 5) is 27.3. The van der Waals surface area contributed by atoms with Gasteiger partial charge in [0, 0.05) is 25.0 Å². The van der Waals surface area contributed by atoms with Gasteiger partial charge in [-0.2, -0.15) is 0 Å². The molecule has 2 aliphatic rings. The third-order valence-electron chi connectivity index (χ3n) is 4.56. The third kappa shape index (κ3) is 3.25. The normalized spacial score (nSPS) is 25.5. The minimum atomic E-state index is -0.682. The van der Waals surface area contributed by atoms with Gasteiger partial charge in [0.15, 0.2) is 5.82 Å². The van der Waals surface area contributed by atoms with Crippen LogP contribution in [0.25, 0.3) is 0 Å². The van der Waals surface area contributed by atoms with Crippen LogP contribution >= 0.6 is 0 Å². The van der Waals surface area contributed by atoms with Crippen LogP contribution in [0.2, 0.25) is 0 Å². The summed E-state index contributed by atoms with van der Waals surface area (Å²) in [5.74, 6) is -0.0252. The molecule has 0 aromatic carbocycles. The number of nitrogens with one attached hydrogen (secondary N) is 1. The number of hydrogen-bond acceptors (Lipinski definition) is 4. The zero-order valence-electron chi connectivity index (χ0n) is 12.0. The molecule has 6 nitrogen and oxygen atoms in total. The van der Waals surface area contributed by atoms with E-state index in [1.54, 1.807) is 17.0 Å². The second-order valence-electron chi connectivity index (χ2n) is 6.16. The Morgan fingerprint density at radius 1 is 1.29 bits per heavy atom. The Bertz CT molecular complexity index is 572. The topological polar surface area (TPSA) is 84.2 Å². The number of aliphatic carboxylic acids is 1. The van der Waals surface area contributed by atoms with Crippen molar-refractivity contribution < 1.29 is 9.90 Å². The molecular formula is C15H21N3O3. The fraction of sp³-hybridized carbons (Fsp3) is 0.667. The molecule has 0 amide bonds. The van der Waals surface area contributed by atoms with Crippen LogP contribution in [0.15, 0.2) is 17.2 Å². The van der Waals surface area contributed by atoms with Crippen LogP contribution in [0.5, 0.6) is 0 Å². The van der Waals surface area contributed by atoms with Gasteiger partial charge in [0.25, 0.3) is 5.56 Å². The molecule has 0 spiro atoms. The molecule has 2 saturated carbocycles. The van der Waals surface area contributed by atoms with Gasteiger partial charge in [-0.1, -0.05) is 0 Å². The van der Waals surface area contributed by atoms with E-state index in [1.165, 1.54) is 0 Å². The first-order valence-corrected chi connectivity index (χ1v) is 7.69. The zero-order valence-corrected chi connectivity index (χ0v) is 12.0. The van der Waals surface area contributed by atoms with E-state index >= 15 is 0 Å².